The third kappa shape index (κ3) is 4.92. The van der Waals surface area contributed by atoms with Crippen molar-refractivity contribution in [2.45, 2.75) is 19.3 Å². The first-order valence-electron chi connectivity index (χ1n) is 6.09. The van der Waals surface area contributed by atoms with Gasteiger partial charge in [0.15, 0.2) is 11.7 Å². The molecule has 2 N–H and O–H groups in total. The Morgan fingerprint density at radius 1 is 1.05 bits per heavy atom. The molecule has 0 aromatic heterocycles. The van der Waals surface area contributed by atoms with Crippen LogP contribution in [0.25, 0.3) is 0 Å². The van der Waals surface area contributed by atoms with Crippen LogP contribution in [0.5, 0.6) is 0 Å². The van der Waals surface area contributed by atoms with E-state index in [1.165, 1.54) is 0 Å². The summed E-state index contributed by atoms with van der Waals surface area (Å²) < 4.78 is 0.917. The van der Waals surface area contributed by atoms with Gasteiger partial charge < -0.3 is 10.2 Å². The van der Waals surface area contributed by atoms with Gasteiger partial charge in [-0.05, 0) is 22.8 Å². The average Bonchev–Trinajstić information content (AvgIpc) is 2.42. The van der Waals surface area contributed by atoms with Crippen molar-refractivity contribution >= 4 is 40.3 Å². The highest BCUT2D eigenvalue weighted by atomic mass is 127. The second kappa shape index (κ2) is 7.98. The number of alkyl halides is 1. The van der Waals surface area contributed by atoms with E-state index in [0.29, 0.717) is 17.5 Å². The molecular formula is C14H15IO5. The minimum Gasteiger partial charge on any atom is -0.481 e. The molecule has 0 aliphatic rings. The molecule has 0 radical (unpaired) electrons. The van der Waals surface area contributed by atoms with Gasteiger partial charge in [0.1, 0.15) is 0 Å². The Morgan fingerprint density at radius 2 is 1.60 bits per heavy atom. The molecule has 0 atom stereocenters. The summed E-state index contributed by atoms with van der Waals surface area (Å²) in [6.45, 7) is 0. The molecule has 5 nitrogen and oxygen atoms in total. The van der Waals surface area contributed by atoms with Crippen molar-refractivity contribution in [2.75, 3.05) is 4.43 Å². The third-order valence-electron chi connectivity index (χ3n) is 2.85. The van der Waals surface area contributed by atoms with Crippen molar-refractivity contribution in [2.24, 2.45) is 5.92 Å². The van der Waals surface area contributed by atoms with E-state index in [-0.39, 0.29) is 12.2 Å². The van der Waals surface area contributed by atoms with Crippen LogP contribution in [0.1, 0.15) is 28.8 Å². The van der Waals surface area contributed by atoms with E-state index >= 15 is 0 Å². The average molecular weight is 390 g/mol. The number of carbonyl (C=O) groups is 3. The minimum absolute atomic E-state index is 0.0428. The lowest BCUT2D eigenvalue weighted by atomic mass is 9.97. The van der Waals surface area contributed by atoms with Gasteiger partial charge >= 0.3 is 11.9 Å². The normalized spacial score (nSPS) is 10.5. The van der Waals surface area contributed by atoms with Crippen molar-refractivity contribution in [1.82, 2.24) is 0 Å². The first-order valence-corrected chi connectivity index (χ1v) is 7.62. The fraction of sp³-hybridized carbons (Fsp3) is 0.357. The van der Waals surface area contributed by atoms with Gasteiger partial charge in [-0.3, -0.25) is 14.4 Å². The second-order valence-electron chi connectivity index (χ2n) is 4.35. The summed E-state index contributed by atoms with van der Waals surface area (Å²) in [5.74, 6) is -4.14. The predicted molar refractivity (Wildman–Crippen MR) is 81.4 cm³/mol. The summed E-state index contributed by atoms with van der Waals surface area (Å²) >= 11 is 2.21. The molecule has 0 saturated heterocycles. The van der Waals surface area contributed by atoms with Gasteiger partial charge in [0, 0.05) is 12.0 Å². The zero-order valence-corrected chi connectivity index (χ0v) is 12.9. The molecule has 0 aliphatic heterocycles. The summed E-state index contributed by atoms with van der Waals surface area (Å²) in [4.78, 5) is 33.4. The van der Waals surface area contributed by atoms with Gasteiger partial charge in [-0.1, -0.05) is 46.9 Å². The van der Waals surface area contributed by atoms with Crippen LogP contribution in [0, 0.1) is 5.92 Å². The number of Topliss-reactive ketones (excluding diaryl/α,β-unsaturated/α-hetero) is 1. The van der Waals surface area contributed by atoms with Gasteiger partial charge in [0.25, 0.3) is 0 Å². The summed E-state index contributed by atoms with van der Waals surface area (Å²) in [5.41, 5.74) is 1.16. The number of rotatable bonds is 8. The number of hydrogen-bond donors (Lipinski definition) is 2. The molecule has 108 valence electrons. The number of benzene rings is 1. The Hall–Kier alpha value is -1.44. The Bertz CT molecular complexity index is 481. The summed E-state index contributed by atoms with van der Waals surface area (Å²) in [5, 5.41) is 17.6. The second-order valence-corrected chi connectivity index (χ2v) is 5.42. The predicted octanol–water partition coefficient (Wildman–Crippen LogP) is 2.41. The van der Waals surface area contributed by atoms with Gasteiger partial charge in [-0.15, -0.1) is 0 Å². The molecule has 1 aromatic carbocycles. The smallest absolute Gasteiger partial charge is 0.318 e. The monoisotopic (exact) mass is 390 g/mol. The number of carboxylic acid groups (broad SMARTS) is 2. The topological polar surface area (TPSA) is 91.7 Å². The number of carbonyl (C=O) groups excluding carboxylic acids is 1. The molecule has 0 bridgehead atoms. The third-order valence-corrected chi connectivity index (χ3v) is 3.61. The quantitative estimate of drug-likeness (QED) is 0.308. The SMILES string of the molecule is O=C(CCCI)c1ccc(CC(C(=O)O)C(=O)O)cc1. The van der Waals surface area contributed by atoms with Crippen LogP contribution in [0.4, 0.5) is 0 Å². The lowest BCUT2D eigenvalue weighted by Gasteiger charge is -2.08. The zero-order chi connectivity index (χ0) is 15.1. The van der Waals surface area contributed by atoms with Crippen molar-refractivity contribution in [1.29, 1.82) is 0 Å². The lowest BCUT2D eigenvalue weighted by Crippen LogP contribution is -2.25. The fourth-order valence-electron chi connectivity index (χ4n) is 1.71. The van der Waals surface area contributed by atoms with Crippen LogP contribution < -0.4 is 0 Å². The Balaban J connectivity index is 2.73. The number of aliphatic carboxylic acids is 2. The van der Waals surface area contributed by atoms with E-state index in [0.717, 1.165) is 10.8 Å². The van der Waals surface area contributed by atoms with Crippen molar-refractivity contribution in [3.8, 4) is 0 Å². The molecule has 0 heterocycles. The van der Waals surface area contributed by atoms with Gasteiger partial charge in [0.05, 0.1) is 0 Å². The van der Waals surface area contributed by atoms with Gasteiger partial charge in [0.2, 0.25) is 0 Å². The molecule has 0 fully saturated rings. The minimum atomic E-state index is -1.46. The summed E-state index contributed by atoms with van der Waals surface area (Å²) in [7, 11) is 0. The van der Waals surface area contributed by atoms with Crippen LogP contribution >= 0.6 is 22.6 Å². The molecule has 0 saturated carbocycles. The molecule has 0 amide bonds. The number of ketones is 1. The summed E-state index contributed by atoms with van der Waals surface area (Å²) in [6.07, 6.45) is 1.21. The standard InChI is InChI=1S/C14H15IO5/c15-7-1-2-12(16)10-5-3-9(4-6-10)8-11(13(17)18)14(19)20/h3-6,11H,1-2,7-8H2,(H,17,18)(H,19,20). The van der Waals surface area contributed by atoms with E-state index in [1.54, 1.807) is 24.3 Å². The van der Waals surface area contributed by atoms with E-state index in [2.05, 4.69) is 22.6 Å². The molecular weight excluding hydrogens is 375 g/mol. The highest BCUT2D eigenvalue weighted by Crippen LogP contribution is 2.13. The number of hydrogen-bond acceptors (Lipinski definition) is 3. The van der Waals surface area contributed by atoms with E-state index in [1.807, 2.05) is 0 Å². The van der Waals surface area contributed by atoms with Crippen LogP contribution in [0.2, 0.25) is 0 Å². The van der Waals surface area contributed by atoms with Gasteiger partial charge in [-0.25, -0.2) is 0 Å². The molecule has 6 heteroatoms. The molecule has 0 unspecified atom stereocenters. The van der Waals surface area contributed by atoms with E-state index in [4.69, 9.17) is 10.2 Å². The van der Waals surface area contributed by atoms with Crippen LogP contribution in [-0.2, 0) is 16.0 Å². The van der Waals surface area contributed by atoms with Crippen molar-refractivity contribution < 1.29 is 24.6 Å². The number of carboxylic acids is 2. The Labute approximate surface area is 130 Å². The van der Waals surface area contributed by atoms with E-state index in [9.17, 15) is 14.4 Å². The van der Waals surface area contributed by atoms with Crippen molar-refractivity contribution in [3.63, 3.8) is 0 Å². The highest BCUT2D eigenvalue weighted by Gasteiger charge is 2.25. The van der Waals surface area contributed by atoms with Crippen molar-refractivity contribution in [3.05, 3.63) is 35.4 Å². The first kappa shape index (κ1) is 16.6. The first-order chi connectivity index (χ1) is 9.45. The zero-order valence-electron chi connectivity index (χ0n) is 10.7. The molecule has 20 heavy (non-hydrogen) atoms. The summed E-state index contributed by atoms with van der Waals surface area (Å²) in [6, 6.07) is 6.45. The largest absolute Gasteiger partial charge is 0.481 e. The van der Waals surface area contributed by atoms with Crippen LogP contribution in [0.15, 0.2) is 24.3 Å². The molecule has 0 aliphatic carbocycles. The van der Waals surface area contributed by atoms with Crippen LogP contribution in [-0.4, -0.2) is 32.4 Å². The van der Waals surface area contributed by atoms with Crippen LogP contribution in [0.3, 0.4) is 0 Å². The van der Waals surface area contributed by atoms with Gasteiger partial charge in [-0.2, -0.15) is 0 Å². The lowest BCUT2D eigenvalue weighted by molar-refractivity contribution is -0.154. The Morgan fingerprint density at radius 3 is 2.05 bits per heavy atom. The molecule has 0 spiro atoms. The maximum absolute atomic E-state index is 11.8. The maximum atomic E-state index is 11.8. The highest BCUT2D eigenvalue weighted by molar-refractivity contribution is 14.1. The molecule has 1 rings (SSSR count). The molecule has 1 aromatic rings. The van der Waals surface area contributed by atoms with E-state index < -0.39 is 17.9 Å². The number of halogens is 1. The Kier molecular flexibility index (Phi) is 6.63. The fourth-order valence-corrected chi connectivity index (χ4v) is 2.10. The maximum Gasteiger partial charge on any atom is 0.318 e.